The number of nitrogens with one attached hydrogen (secondary N) is 2. The van der Waals surface area contributed by atoms with Gasteiger partial charge in [-0.25, -0.2) is 13.1 Å². The van der Waals surface area contributed by atoms with E-state index < -0.39 is 10.0 Å². The Morgan fingerprint density at radius 2 is 1.83 bits per heavy atom. The van der Waals surface area contributed by atoms with Crippen LogP contribution in [0.1, 0.15) is 42.5 Å². The summed E-state index contributed by atoms with van der Waals surface area (Å²) in [4.78, 5) is 11.7. The van der Waals surface area contributed by atoms with E-state index in [4.69, 9.17) is 5.73 Å². The van der Waals surface area contributed by atoms with E-state index >= 15 is 0 Å². The van der Waals surface area contributed by atoms with Gasteiger partial charge in [0, 0.05) is 25.2 Å². The fourth-order valence-corrected chi connectivity index (χ4v) is 4.39. The number of benzene rings is 1. The van der Waals surface area contributed by atoms with Gasteiger partial charge in [0.25, 0.3) is 5.91 Å². The summed E-state index contributed by atoms with van der Waals surface area (Å²) in [7, 11) is -2.10. The molecule has 1 unspecified atom stereocenters. The standard InChI is InChI=1S/C16H25N3O3S/c1-18-16(20)13-7-9-14(10-8-13)23(21,22)19-15(11-17)12-5-3-2-4-6-12/h7-10,12,15,19H,2-6,11,17H2,1H3,(H,18,20). The average Bonchev–Trinajstić information content (AvgIpc) is 2.60. The van der Waals surface area contributed by atoms with Gasteiger partial charge in [-0.3, -0.25) is 4.79 Å². The minimum atomic E-state index is -3.63. The highest BCUT2D eigenvalue weighted by molar-refractivity contribution is 7.89. The molecular weight excluding hydrogens is 314 g/mol. The third kappa shape index (κ3) is 4.53. The van der Waals surface area contributed by atoms with Gasteiger partial charge in [-0.15, -0.1) is 0 Å². The van der Waals surface area contributed by atoms with Crippen LogP contribution in [0.5, 0.6) is 0 Å². The first-order chi connectivity index (χ1) is 11.0. The average molecular weight is 339 g/mol. The van der Waals surface area contributed by atoms with Gasteiger partial charge in [-0.2, -0.15) is 0 Å². The van der Waals surface area contributed by atoms with E-state index in [0.29, 0.717) is 18.0 Å². The van der Waals surface area contributed by atoms with Gasteiger partial charge in [-0.05, 0) is 43.0 Å². The molecule has 1 aliphatic rings. The van der Waals surface area contributed by atoms with Crippen molar-refractivity contribution in [1.29, 1.82) is 0 Å². The molecule has 0 heterocycles. The molecule has 1 aromatic rings. The molecule has 0 saturated heterocycles. The van der Waals surface area contributed by atoms with Crippen LogP contribution in [0, 0.1) is 5.92 Å². The maximum atomic E-state index is 12.5. The van der Waals surface area contributed by atoms with Crippen molar-refractivity contribution < 1.29 is 13.2 Å². The summed E-state index contributed by atoms with van der Waals surface area (Å²) in [5.74, 6) is 0.0533. The minimum absolute atomic E-state index is 0.152. The molecule has 1 aromatic carbocycles. The lowest BCUT2D eigenvalue weighted by atomic mass is 9.84. The molecule has 1 saturated carbocycles. The molecule has 23 heavy (non-hydrogen) atoms. The number of amides is 1. The van der Waals surface area contributed by atoms with Gasteiger partial charge in [-0.1, -0.05) is 19.3 Å². The molecule has 0 aromatic heterocycles. The van der Waals surface area contributed by atoms with Gasteiger partial charge >= 0.3 is 0 Å². The lowest BCUT2D eigenvalue weighted by Crippen LogP contribution is -2.45. The fraction of sp³-hybridized carbons (Fsp3) is 0.562. The summed E-state index contributed by atoms with van der Waals surface area (Å²) in [5.41, 5.74) is 6.22. The van der Waals surface area contributed by atoms with Crippen LogP contribution in [0.3, 0.4) is 0 Å². The number of nitrogens with two attached hydrogens (primary N) is 1. The van der Waals surface area contributed by atoms with Crippen LogP contribution < -0.4 is 15.8 Å². The minimum Gasteiger partial charge on any atom is -0.355 e. The Morgan fingerprint density at radius 3 is 2.35 bits per heavy atom. The summed E-state index contributed by atoms with van der Waals surface area (Å²) in [6, 6.07) is 5.67. The van der Waals surface area contributed by atoms with Crippen LogP contribution in [0.2, 0.25) is 0 Å². The summed E-state index contributed by atoms with van der Waals surface area (Å²) in [5, 5.41) is 2.50. The molecule has 7 heteroatoms. The van der Waals surface area contributed by atoms with Crippen molar-refractivity contribution in [2.24, 2.45) is 11.7 Å². The lowest BCUT2D eigenvalue weighted by molar-refractivity contribution is 0.0963. The van der Waals surface area contributed by atoms with Gasteiger partial charge in [0.15, 0.2) is 0 Å². The number of hydrogen-bond donors (Lipinski definition) is 3. The van der Waals surface area contributed by atoms with Crippen LogP contribution in [0.25, 0.3) is 0 Å². The van der Waals surface area contributed by atoms with E-state index in [1.54, 1.807) is 0 Å². The van der Waals surface area contributed by atoms with E-state index in [2.05, 4.69) is 10.0 Å². The summed E-state index contributed by atoms with van der Waals surface area (Å²) >= 11 is 0. The van der Waals surface area contributed by atoms with Gasteiger partial charge in [0.05, 0.1) is 4.90 Å². The quantitative estimate of drug-likeness (QED) is 0.725. The van der Waals surface area contributed by atoms with Crippen molar-refractivity contribution >= 4 is 15.9 Å². The van der Waals surface area contributed by atoms with E-state index in [0.717, 1.165) is 25.7 Å². The van der Waals surface area contributed by atoms with Crippen molar-refractivity contribution in [2.75, 3.05) is 13.6 Å². The topological polar surface area (TPSA) is 101 Å². The molecule has 0 spiro atoms. The zero-order valence-electron chi connectivity index (χ0n) is 13.4. The maximum absolute atomic E-state index is 12.5. The van der Waals surface area contributed by atoms with E-state index in [9.17, 15) is 13.2 Å². The van der Waals surface area contributed by atoms with Crippen LogP contribution >= 0.6 is 0 Å². The predicted molar refractivity (Wildman–Crippen MR) is 89.6 cm³/mol. The molecule has 0 bridgehead atoms. The highest BCUT2D eigenvalue weighted by Crippen LogP contribution is 2.27. The maximum Gasteiger partial charge on any atom is 0.251 e. The van der Waals surface area contributed by atoms with Gasteiger partial charge in [0.2, 0.25) is 10.0 Å². The van der Waals surface area contributed by atoms with Crippen molar-refractivity contribution in [3.8, 4) is 0 Å². The Balaban J connectivity index is 2.11. The largest absolute Gasteiger partial charge is 0.355 e. The monoisotopic (exact) mass is 339 g/mol. The first kappa shape index (κ1) is 17.9. The Hall–Kier alpha value is -1.44. The highest BCUT2D eigenvalue weighted by atomic mass is 32.2. The number of sulfonamides is 1. The Morgan fingerprint density at radius 1 is 1.22 bits per heavy atom. The van der Waals surface area contributed by atoms with E-state index in [-0.39, 0.29) is 16.8 Å². The third-order valence-corrected chi connectivity index (χ3v) is 5.94. The second kappa shape index (κ2) is 7.90. The molecule has 0 aliphatic heterocycles. The molecule has 4 N–H and O–H groups in total. The summed E-state index contributed by atoms with van der Waals surface area (Å²) in [6.45, 7) is 0.292. The fourth-order valence-electron chi connectivity index (χ4n) is 3.07. The number of carbonyl (C=O) groups is 1. The first-order valence-electron chi connectivity index (χ1n) is 8.02. The van der Waals surface area contributed by atoms with Crippen LogP contribution in [-0.4, -0.2) is 34.0 Å². The molecule has 1 atom stereocenters. The first-order valence-corrected chi connectivity index (χ1v) is 9.51. The third-order valence-electron chi connectivity index (χ3n) is 4.43. The SMILES string of the molecule is CNC(=O)c1ccc(S(=O)(=O)NC(CN)C2CCCCC2)cc1. The van der Waals surface area contributed by atoms with Crippen molar-refractivity contribution in [1.82, 2.24) is 10.0 Å². The molecule has 2 rings (SSSR count). The van der Waals surface area contributed by atoms with Crippen molar-refractivity contribution in [3.05, 3.63) is 29.8 Å². The lowest BCUT2D eigenvalue weighted by Gasteiger charge is -2.29. The molecule has 128 valence electrons. The molecular formula is C16H25N3O3S. The van der Waals surface area contributed by atoms with Gasteiger partial charge < -0.3 is 11.1 Å². The molecule has 1 fully saturated rings. The second-order valence-corrected chi connectivity index (χ2v) is 7.68. The van der Waals surface area contributed by atoms with Crippen LogP contribution in [0.4, 0.5) is 0 Å². The molecule has 1 amide bonds. The molecule has 6 nitrogen and oxygen atoms in total. The van der Waals surface area contributed by atoms with Crippen LogP contribution in [0.15, 0.2) is 29.2 Å². The normalized spacial score (nSPS) is 17.7. The van der Waals surface area contributed by atoms with Gasteiger partial charge in [0.1, 0.15) is 0 Å². The highest BCUT2D eigenvalue weighted by Gasteiger charge is 2.27. The Bertz CT molecular complexity index is 622. The predicted octanol–water partition coefficient (Wildman–Crippen LogP) is 1.23. The van der Waals surface area contributed by atoms with E-state index in [1.165, 1.54) is 37.7 Å². The number of hydrogen-bond acceptors (Lipinski definition) is 4. The zero-order valence-corrected chi connectivity index (χ0v) is 14.2. The van der Waals surface area contributed by atoms with Crippen molar-refractivity contribution in [2.45, 2.75) is 43.0 Å². The molecule has 1 aliphatic carbocycles. The van der Waals surface area contributed by atoms with Crippen LogP contribution in [-0.2, 0) is 10.0 Å². The summed E-state index contributed by atoms with van der Waals surface area (Å²) < 4.78 is 27.8. The summed E-state index contributed by atoms with van der Waals surface area (Å²) in [6.07, 6.45) is 5.49. The Labute approximate surface area is 137 Å². The second-order valence-electron chi connectivity index (χ2n) is 5.97. The van der Waals surface area contributed by atoms with Crippen molar-refractivity contribution in [3.63, 3.8) is 0 Å². The molecule has 0 radical (unpaired) electrons. The van der Waals surface area contributed by atoms with E-state index in [1.807, 2.05) is 0 Å². The smallest absolute Gasteiger partial charge is 0.251 e. The number of rotatable bonds is 6. The zero-order chi connectivity index (χ0) is 16.9. The number of carbonyl (C=O) groups excluding carboxylic acids is 1. The Kier molecular flexibility index (Phi) is 6.15.